The number of rotatable bonds is 4. The average molecular weight is 286 g/mol. The second-order valence-electron chi connectivity index (χ2n) is 4.70. The Morgan fingerprint density at radius 3 is 2.37 bits per heavy atom. The molecule has 1 aromatic carbocycles. The van der Waals surface area contributed by atoms with Crippen molar-refractivity contribution in [2.75, 3.05) is 6.54 Å². The standard InChI is InChI=1S/C12H15N3O3.ClH/c13-12(6-1-7-12)8-14-11(16)9-2-4-10(5-3-9)15(17)18;/h2-5H,1,6-8,13H2,(H,14,16);1H. The highest BCUT2D eigenvalue weighted by molar-refractivity contribution is 5.94. The second kappa shape index (κ2) is 5.99. The highest BCUT2D eigenvalue weighted by atomic mass is 35.5. The van der Waals surface area contributed by atoms with Crippen LogP contribution in [0.1, 0.15) is 29.6 Å². The van der Waals surface area contributed by atoms with Crippen LogP contribution in [0.3, 0.4) is 0 Å². The molecular formula is C12H16ClN3O3. The van der Waals surface area contributed by atoms with Gasteiger partial charge in [-0.2, -0.15) is 0 Å². The lowest BCUT2D eigenvalue weighted by Crippen LogP contribution is -2.54. The molecule has 0 atom stereocenters. The van der Waals surface area contributed by atoms with Crippen LogP contribution in [-0.2, 0) is 0 Å². The molecule has 0 heterocycles. The topological polar surface area (TPSA) is 98.3 Å². The number of nitrogens with two attached hydrogens (primary N) is 1. The predicted octanol–water partition coefficient (Wildman–Crippen LogP) is 1.63. The number of nitrogens with one attached hydrogen (secondary N) is 1. The number of hydrogen-bond acceptors (Lipinski definition) is 4. The maximum atomic E-state index is 11.8. The van der Waals surface area contributed by atoms with Gasteiger partial charge in [0.1, 0.15) is 0 Å². The maximum Gasteiger partial charge on any atom is 0.269 e. The Morgan fingerprint density at radius 2 is 1.95 bits per heavy atom. The molecule has 3 N–H and O–H groups in total. The van der Waals surface area contributed by atoms with Gasteiger partial charge in [-0.1, -0.05) is 0 Å². The molecule has 1 fully saturated rings. The molecule has 0 aliphatic heterocycles. The lowest BCUT2D eigenvalue weighted by molar-refractivity contribution is -0.384. The maximum absolute atomic E-state index is 11.8. The van der Waals surface area contributed by atoms with Gasteiger partial charge < -0.3 is 11.1 Å². The van der Waals surface area contributed by atoms with E-state index < -0.39 is 4.92 Å². The molecule has 0 unspecified atom stereocenters. The number of nitrogens with zero attached hydrogens (tertiary/aromatic N) is 1. The van der Waals surface area contributed by atoms with Crippen molar-refractivity contribution in [2.24, 2.45) is 5.73 Å². The minimum Gasteiger partial charge on any atom is -0.350 e. The number of nitro benzene ring substituents is 1. The summed E-state index contributed by atoms with van der Waals surface area (Å²) < 4.78 is 0. The zero-order chi connectivity index (χ0) is 13.2. The molecule has 6 nitrogen and oxygen atoms in total. The van der Waals surface area contributed by atoms with Gasteiger partial charge in [0.2, 0.25) is 0 Å². The van der Waals surface area contributed by atoms with Crippen LogP contribution in [0, 0.1) is 10.1 Å². The van der Waals surface area contributed by atoms with Crippen LogP contribution >= 0.6 is 12.4 Å². The Kier molecular flexibility index (Phi) is 4.85. The Hall–Kier alpha value is -1.66. The van der Waals surface area contributed by atoms with E-state index in [-0.39, 0.29) is 29.5 Å². The van der Waals surface area contributed by atoms with Crippen LogP contribution in [0.25, 0.3) is 0 Å². The quantitative estimate of drug-likeness (QED) is 0.649. The molecule has 0 saturated heterocycles. The summed E-state index contributed by atoms with van der Waals surface area (Å²) in [4.78, 5) is 21.8. The van der Waals surface area contributed by atoms with Gasteiger partial charge in [-0.25, -0.2) is 0 Å². The van der Waals surface area contributed by atoms with Crippen LogP contribution in [0.15, 0.2) is 24.3 Å². The molecule has 1 amide bonds. The molecule has 19 heavy (non-hydrogen) atoms. The lowest BCUT2D eigenvalue weighted by Gasteiger charge is -2.38. The first-order valence-electron chi connectivity index (χ1n) is 5.82. The molecule has 0 spiro atoms. The Bertz CT molecular complexity index is 472. The minimum absolute atomic E-state index is 0. The zero-order valence-electron chi connectivity index (χ0n) is 10.3. The van der Waals surface area contributed by atoms with Crippen LogP contribution < -0.4 is 11.1 Å². The summed E-state index contributed by atoms with van der Waals surface area (Å²) in [5, 5.41) is 13.2. The third kappa shape index (κ3) is 3.65. The van der Waals surface area contributed by atoms with Gasteiger partial charge in [0, 0.05) is 29.8 Å². The Morgan fingerprint density at radius 1 is 1.37 bits per heavy atom. The van der Waals surface area contributed by atoms with E-state index in [1.54, 1.807) is 0 Å². The molecule has 104 valence electrons. The summed E-state index contributed by atoms with van der Waals surface area (Å²) >= 11 is 0. The molecule has 2 rings (SSSR count). The molecular weight excluding hydrogens is 270 g/mol. The number of amides is 1. The summed E-state index contributed by atoms with van der Waals surface area (Å²) in [6, 6.07) is 5.52. The molecule has 0 radical (unpaired) electrons. The van der Waals surface area contributed by atoms with Gasteiger partial charge in [-0.15, -0.1) is 12.4 Å². The largest absolute Gasteiger partial charge is 0.350 e. The summed E-state index contributed by atoms with van der Waals surface area (Å²) in [6.07, 6.45) is 2.95. The minimum atomic E-state index is -0.495. The van der Waals surface area contributed by atoms with Crippen molar-refractivity contribution < 1.29 is 9.72 Å². The van der Waals surface area contributed by atoms with Crippen molar-refractivity contribution in [2.45, 2.75) is 24.8 Å². The van der Waals surface area contributed by atoms with Gasteiger partial charge in [-0.05, 0) is 31.4 Å². The third-order valence-corrected chi connectivity index (χ3v) is 3.29. The number of benzene rings is 1. The second-order valence-corrected chi connectivity index (χ2v) is 4.70. The summed E-state index contributed by atoms with van der Waals surface area (Å²) in [5.41, 5.74) is 6.10. The van der Waals surface area contributed by atoms with Crippen LogP contribution in [0.2, 0.25) is 0 Å². The Balaban J connectivity index is 0.00000180. The monoisotopic (exact) mass is 285 g/mol. The zero-order valence-corrected chi connectivity index (χ0v) is 11.1. The van der Waals surface area contributed by atoms with Crippen molar-refractivity contribution in [1.29, 1.82) is 0 Å². The van der Waals surface area contributed by atoms with Gasteiger partial charge in [0.25, 0.3) is 11.6 Å². The molecule has 1 aliphatic rings. The first-order valence-corrected chi connectivity index (χ1v) is 5.82. The summed E-state index contributed by atoms with van der Waals surface area (Å²) in [5.74, 6) is -0.248. The fourth-order valence-corrected chi connectivity index (χ4v) is 1.90. The number of carbonyl (C=O) groups is 1. The van der Waals surface area contributed by atoms with E-state index >= 15 is 0 Å². The van der Waals surface area contributed by atoms with E-state index in [4.69, 9.17) is 5.73 Å². The molecule has 0 aromatic heterocycles. The molecule has 1 aliphatic carbocycles. The highest BCUT2D eigenvalue weighted by Crippen LogP contribution is 2.28. The average Bonchev–Trinajstić information content (AvgIpc) is 2.33. The fraction of sp³-hybridized carbons (Fsp3) is 0.417. The highest BCUT2D eigenvalue weighted by Gasteiger charge is 2.32. The van der Waals surface area contributed by atoms with Gasteiger partial charge in [0.15, 0.2) is 0 Å². The van der Waals surface area contributed by atoms with Crippen LogP contribution in [0.4, 0.5) is 5.69 Å². The molecule has 1 saturated carbocycles. The van der Waals surface area contributed by atoms with E-state index in [1.807, 2.05) is 0 Å². The molecule has 1 aromatic rings. The number of nitro groups is 1. The van der Waals surface area contributed by atoms with E-state index in [9.17, 15) is 14.9 Å². The fourth-order valence-electron chi connectivity index (χ4n) is 1.90. The number of non-ortho nitro benzene ring substituents is 1. The van der Waals surface area contributed by atoms with Gasteiger partial charge in [0.05, 0.1) is 4.92 Å². The van der Waals surface area contributed by atoms with E-state index in [0.29, 0.717) is 12.1 Å². The first kappa shape index (κ1) is 15.4. The van der Waals surface area contributed by atoms with Crippen molar-refractivity contribution in [1.82, 2.24) is 5.32 Å². The van der Waals surface area contributed by atoms with E-state index in [0.717, 1.165) is 19.3 Å². The number of halogens is 1. The van der Waals surface area contributed by atoms with Crippen molar-refractivity contribution in [3.63, 3.8) is 0 Å². The van der Waals surface area contributed by atoms with Gasteiger partial charge >= 0.3 is 0 Å². The summed E-state index contributed by atoms with van der Waals surface area (Å²) in [7, 11) is 0. The number of carbonyl (C=O) groups excluding carboxylic acids is 1. The molecule has 7 heteroatoms. The van der Waals surface area contributed by atoms with E-state index in [2.05, 4.69) is 5.32 Å². The van der Waals surface area contributed by atoms with Gasteiger partial charge in [-0.3, -0.25) is 14.9 Å². The number of hydrogen-bond donors (Lipinski definition) is 2. The smallest absolute Gasteiger partial charge is 0.269 e. The summed E-state index contributed by atoms with van der Waals surface area (Å²) in [6.45, 7) is 0.447. The Labute approximate surface area is 116 Å². The molecule has 0 bridgehead atoms. The third-order valence-electron chi connectivity index (χ3n) is 3.29. The van der Waals surface area contributed by atoms with Crippen molar-refractivity contribution >= 4 is 24.0 Å². The van der Waals surface area contributed by atoms with Crippen molar-refractivity contribution in [3.05, 3.63) is 39.9 Å². The lowest BCUT2D eigenvalue weighted by atomic mass is 9.78. The first-order chi connectivity index (χ1) is 8.50. The van der Waals surface area contributed by atoms with Crippen LogP contribution in [0.5, 0.6) is 0 Å². The van der Waals surface area contributed by atoms with Crippen LogP contribution in [-0.4, -0.2) is 22.9 Å². The predicted molar refractivity (Wildman–Crippen MR) is 73.4 cm³/mol. The van der Waals surface area contributed by atoms with Crippen molar-refractivity contribution in [3.8, 4) is 0 Å². The SMILES string of the molecule is Cl.NC1(CNC(=O)c2ccc([N+](=O)[O-])cc2)CCC1. The normalized spacial score (nSPS) is 15.8. The van der Waals surface area contributed by atoms with E-state index in [1.165, 1.54) is 24.3 Å².